The van der Waals surface area contributed by atoms with Crippen molar-refractivity contribution in [1.29, 1.82) is 0 Å². The molecule has 0 fully saturated rings. The van der Waals surface area contributed by atoms with Crippen LogP contribution in [0.5, 0.6) is 0 Å². The molecule has 2 N–H and O–H groups in total. The van der Waals surface area contributed by atoms with E-state index >= 15 is 0 Å². The molecule has 0 aromatic carbocycles. The van der Waals surface area contributed by atoms with Crippen LogP contribution in [0, 0.1) is 0 Å². The molecule has 0 radical (unpaired) electrons. The number of nitrogens with two attached hydrogens (primary N) is 1. The molecule has 0 atom stereocenters. The smallest absolute Gasteiger partial charge is 0.0868 e. The summed E-state index contributed by atoms with van der Waals surface area (Å²) in [5.41, 5.74) is 6.81. The third kappa shape index (κ3) is 0.785. The Balaban J connectivity index is 2.76. The van der Waals surface area contributed by atoms with Crippen LogP contribution in [0.3, 0.4) is 0 Å². The van der Waals surface area contributed by atoms with Crippen LogP contribution in [0.2, 0.25) is 0 Å². The molecule has 0 saturated heterocycles. The zero-order valence-electron chi connectivity index (χ0n) is 5.33. The predicted molar refractivity (Wildman–Crippen MR) is 47.6 cm³/mol. The summed E-state index contributed by atoms with van der Waals surface area (Å²) in [6.45, 7) is 0.663. The van der Waals surface area contributed by atoms with Crippen LogP contribution in [-0.4, -0.2) is 0 Å². The van der Waals surface area contributed by atoms with Crippen molar-refractivity contribution in [3.8, 4) is 0 Å². The lowest BCUT2D eigenvalue weighted by Gasteiger charge is -1.85. The highest BCUT2D eigenvalue weighted by atomic mass is 32.2. The molecule has 2 heterocycles. The third-order valence-electron chi connectivity index (χ3n) is 1.50. The summed E-state index contributed by atoms with van der Waals surface area (Å²) in [4.78, 5) is 0. The number of fused-ring (bicyclic) bond motifs is 1. The predicted octanol–water partition coefficient (Wildman–Crippen LogP) is 2.42. The normalized spacial score (nSPS) is 10.9. The van der Waals surface area contributed by atoms with Crippen molar-refractivity contribution >= 4 is 32.1 Å². The fourth-order valence-electron chi connectivity index (χ4n) is 0.971. The first-order valence-electron chi connectivity index (χ1n) is 3.05. The molecule has 2 rings (SSSR count). The largest absolute Gasteiger partial charge is 0.326 e. The van der Waals surface area contributed by atoms with Gasteiger partial charge in [-0.3, -0.25) is 0 Å². The van der Waals surface area contributed by atoms with Crippen LogP contribution in [-0.2, 0) is 6.54 Å². The molecule has 0 saturated carbocycles. The average Bonchev–Trinajstić information content (AvgIpc) is 2.44. The maximum Gasteiger partial charge on any atom is 0.0868 e. The van der Waals surface area contributed by atoms with Gasteiger partial charge in [0.25, 0.3) is 0 Å². The van der Waals surface area contributed by atoms with Crippen LogP contribution in [0.1, 0.15) is 5.56 Å². The van der Waals surface area contributed by atoms with E-state index in [0.717, 1.165) is 0 Å². The number of rotatable bonds is 1. The third-order valence-corrected chi connectivity index (χ3v) is 3.62. The highest BCUT2D eigenvalue weighted by Gasteiger charge is 2.01. The summed E-state index contributed by atoms with van der Waals surface area (Å²) in [6.07, 6.45) is 0. The standard InChI is InChI=1S/C7H7NS2/c8-3-5-4-10-7-6(5)1-2-9-7/h1-2,4H,3,8H2. The molecular formula is C7H7NS2. The van der Waals surface area contributed by atoms with Crippen molar-refractivity contribution in [3.63, 3.8) is 0 Å². The molecule has 0 unspecified atom stereocenters. The van der Waals surface area contributed by atoms with E-state index in [1.54, 1.807) is 22.7 Å². The molecule has 10 heavy (non-hydrogen) atoms. The Morgan fingerprint density at radius 3 is 3.10 bits per heavy atom. The lowest BCUT2D eigenvalue weighted by molar-refractivity contribution is 1.09. The van der Waals surface area contributed by atoms with Gasteiger partial charge in [0.2, 0.25) is 0 Å². The summed E-state index contributed by atoms with van der Waals surface area (Å²) in [5.74, 6) is 0. The number of hydrogen-bond donors (Lipinski definition) is 1. The fraction of sp³-hybridized carbons (Fsp3) is 0.143. The number of thiophene rings is 2. The van der Waals surface area contributed by atoms with E-state index in [-0.39, 0.29) is 0 Å². The van der Waals surface area contributed by atoms with Gasteiger partial charge in [0, 0.05) is 11.9 Å². The van der Waals surface area contributed by atoms with Gasteiger partial charge >= 0.3 is 0 Å². The first-order valence-corrected chi connectivity index (χ1v) is 4.81. The van der Waals surface area contributed by atoms with Crippen LogP contribution < -0.4 is 5.73 Å². The van der Waals surface area contributed by atoms with Crippen molar-refractivity contribution < 1.29 is 0 Å². The first-order chi connectivity index (χ1) is 4.92. The van der Waals surface area contributed by atoms with Gasteiger partial charge in [-0.05, 0) is 22.4 Å². The second-order valence-electron chi connectivity index (χ2n) is 2.09. The maximum absolute atomic E-state index is 5.53. The Labute approximate surface area is 67.1 Å². The lowest BCUT2D eigenvalue weighted by Crippen LogP contribution is -1.93. The fourth-order valence-corrected chi connectivity index (χ4v) is 2.96. The molecular weight excluding hydrogens is 162 g/mol. The second kappa shape index (κ2) is 2.34. The Kier molecular flexibility index (Phi) is 1.48. The van der Waals surface area contributed by atoms with Gasteiger partial charge in [-0.25, -0.2) is 0 Å². The van der Waals surface area contributed by atoms with E-state index in [9.17, 15) is 0 Å². The summed E-state index contributed by atoms with van der Waals surface area (Å²) in [7, 11) is 0. The molecule has 0 spiro atoms. The minimum Gasteiger partial charge on any atom is -0.326 e. The van der Waals surface area contributed by atoms with E-state index in [2.05, 4.69) is 16.8 Å². The maximum atomic E-state index is 5.53. The van der Waals surface area contributed by atoms with Crippen LogP contribution in [0.15, 0.2) is 16.8 Å². The Hall–Kier alpha value is -0.380. The molecule has 52 valence electrons. The molecule has 0 aliphatic carbocycles. The summed E-state index contributed by atoms with van der Waals surface area (Å²) in [5, 5.41) is 5.60. The first kappa shape index (κ1) is 6.34. The molecule has 3 heteroatoms. The molecule has 0 amide bonds. The quantitative estimate of drug-likeness (QED) is 0.697. The zero-order chi connectivity index (χ0) is 6.97. The van der Waals surface area contributed by atoms with Gasteiger partial charge in [0.05, 0.1) is 4.01 Å². The minimum absolute atomic E-state index is 0.663. The van der Waals surface area contributed by atoms with Crippen molar-refractivity contribution in [2.45, 2.75) is 6.54 Å². The summed E-state index contributed by atoms with van der Waals surface area (Å²) >= 11 is 3.57. The summed E-state index contributed by atoms with van der Waals surface area (Å²) < 4.78 is 1.39. The molecule has 0 aliphatic heterocycles. The summed E-state index contributed by atoms with van der Waals surface area (Å²) in [6, 6.07) is 2.14. The average molecular weight is 169 g/mol. The molecule has 0 bridgehead atoms. The van der Waals surface area contributed by atoms with E-state index in [1.807, 2.05) is 0 Å². The highest BCUT2D eigenvalue weighted by molar-refractivity contribution is 7.36. The Morgan fingerprint density at radius 1 is 1.40 bits per heavy atom. The van der Waals surface area contributed by atoms with Crippen LogP contribution in [0.25, 0.3) is 9.40 Å². The Bertz CT molecular complexity index is 334. The molecule has 0 aliphatic rings. The zero-order valence-corrected chi connectivity index (χ0v) is 6.97. The second-order valence-corrected chi connectivity index (χ2v) is 4.14. The van der Waals surface area contributed by atoms with Crippen molar-refractivity contribution in [2.75, 3.05) is 0 Å². The van der Waals surface area contributed by atoms with Crippen LogP contribution in [0.4, 0.5) is 0 Å². The molecule has 2 aromatic rings. The van der Waals surface area contributed by atoms with Gasteiger partial charge in [0.1, 0.15) is 0 Å². The molecule has 2 aromatic heterocycles. The minimum atomic E-state index is 0.663. The van der Waals surface area contributed by atoms with E-state index < -0.39 is 0 Å². The number of hydrogen-bond acceptors (Lipinski definition) is 3. The highest BCUT2D eigenvalue weighted by Crippen LogP contribution is 2.30. The van der Waals surface area contributed by atoms with Gasteiger partial charge in [-0.1, -0.05) is 0 Å². The monoisotopic (exact) mass is 169 g/mol. The van der Waals surface area contributed by atoms with Crippen LogP contribution >= 0.6 is 22.7 Å². The van der Waals surface area contributed by atoms with E-state index in [0.29, 0.717) is 6.54 Å². The van der Waals surface area contributed by atoms with Crippen molar-refractivity contribution in [2.24, 2.45) is 5.73 Å². The topological polar surface area (TPSA) is 26.0 Å². The van der Waals surface area contributed by atoms with Gasteiger partial charge in [-0.15, -0.1) is 22.7 Å². The van der Waals surface area contributed by atoms with E-state index in [1.165, 1.54) is 15.0 Å². The van der Waals surface area contributed by atoms with Gasteiger partial charge in [-0.2, -0.15) is 0 Å². The van der Waals surface area contributed by atoms with Gasteiger partial charge < -0.3 is 5.73 Å². The van der Waals surface area contributed by atoms with Crippen molar-refractivity contribution in [3.05, 3.63) is 22.4 Å². The SMILES string of the molecule is NCc1csc2sccc12. The Morgan fingerprint density at radius 2 is 2.30 bits per heavy atom. The van der Waals surface area contributed by atoms with Gasteiger partial charge in [0.15, 0.2) is 0 Å². The molecule has 1 nitrogen and oxygen atoms in total. The van der Waals surface area contributed by atoms with E-state index in [4.69, 9.17) is 5.73 Å². The van der Waals surface area contributed by atoms with Crippen molar-refractivity contribution in [1.82, 2.24) is 0 Å². The lowest BCUT2D eigenvalue weighted by atomic mass is 10.2.